The molecular weight excluding hydrogens is 441 g/mol. The maximum absolute atomic E-state index is 11.2. The van der Waals surface area contributed by atoms with Gasteiger partial charge < -0.3 is 21.3 Å². The topological polar surface area (TPSA) is 82.8 Å². The molecule has 26 heavy (non-hydrogen) atoms. The molecule has 1 saturated heterocycles. The minimum atomic E-state index is -0.326. The van der Waals surface area contributed by atoms with Crippen LogP contribution in [0.25, 0.3) is 0 Å². The zero-order valence-electron chi connectivity index (χ0n) is 15.8. The van der Waals surface area contributed by atoms with Crippen molar-refractivity contribution >= 4 is 36.0 Å². The quantitative estimate of drug-likeness (QED) is 0.338. The number of aryl methyl sites for hydroxylation is 1. The van der Waals surface area contributed by atoms with Gasteiger partial charge in [0, 0.05) is 32.2 Å². The number of hydrogen-bond acceptors (Lipinski definition) is 2. The summed E-state index contributed by atoms with van der Waals surface area (Å²) >= 11 is 0. The minimum absolute atomic E-state index is 0. The molecule has 0 aromatic heterocycles. The highest BCUT2D eigenvalue weighted by Crippen LogP contribution is 2.10. The Balaban J connectivity index is 0.00000338. The van der Waals surface area contributed by atoms with Crippen LogP contribution in [-0.2, 0) is 12.8 Å². The number of likely N-dealkylation sites (tertiary alicyclic amines) is 1. The SMILES string of the molecule is CCNC(=NCCc1ccc(CC)cc1)NC1CCN(C(N)=O)CC1.I. The van der Waals surface area contributed by atoms with E-state index in [1.165, 1.54) is 11.1 Å². The van der Waals surface area contributed by atoms with Crippen LogP contribution in [0.1, 0.15) is 37.8 Å². The summed E-state index contributed by atoms with van der Waals surface area (Å²) in [6, 6.07) is 8.76. The Hall–Kier alpha value is -1.51. The molecule has 6 nitrogen and oxygen atoms in total. The van der Waals surface area contributed by atoms with Crippen molar-refractivity contribution in [2.75, 3.05) is 26.2 Å². The number of halogens is 1. The maximum Gasteiger partial charge on any atom is 0.314 e. The van der Waals surface area contributed by atoms with Gasteiger partial charge in [0.05, 0.1) is 0 Å². The molecule has 0 atom stereocenters. The number of rotatable bonds is 6. The molecular formula is C19H32IN5O. The second-order valence-electron chi connectivity index (χ2n) is 6.42. The first-order chi connectivity index (χ1) is 12.1. The van der Waals surface area contributed by atoms with Crippen LogP contribution in [0, 0.1) is 0 Å². The zero-order chi connectivity index (χ0) is 18.1. The summed E-state index contributed by atoms with van der Waals surface area (Å²) in [5.41, 5.74) is 8.01. The second kappa shape index (κ2) is 12.0. The first-order valence-corrected chi connectivity index (χ1v) is 9.29. The Kier molecular flexibility index (Phi) is 10.4. The number of nitrogens with two attached hydrogens (primary N) is 1. The van der Waals surface area contributed by atoms with Crippen LogP contribution in [0.2, 0.25) is 0 Å². The predicted octanol–water partition coefficient (Wildman–Crippen LogP) is 2.51. The molecule has 1 fully saturated rings. The predicted molar refractivity (Wildman–Crippen MR) is 118 cm³/mol. The van der Waals surface area contributed by atoms with E-state index in [0.717, 1.165) is 44.7 Å². The van der Waals surface area contributed by atoms with Gasteiger partial charge in [0.25, 0.3) is 0 Å². The molecule has 4 N–H and O–H groups in total. The molecule has 146 valence electrons. The van der Waals surface area contributed by atoms with Gasteiger partial charge in [-0.25, -0.2) is 4.79 Å². The zero-order valence-corrected chi connectivity index (χ0v) is 18.2. The third-order valence-corrected chi connectivity index (χ3v) is 4.59. The summed E-state index contributed by atoms with van der Waals surface area (Å²) < 4.78 is 0. The fourth-order valence-corrected chi connectivity index (χ4v) is 3.00. The third kappa shape index (κ3) is 7.39. The van der Waals surface area contributed by atoms with E-state index in [-0.39, 0.29) is 30.0 Å². The van der Waals surface area contributed by atoms with Crippen LogP contribution in [0.15, 0.2) is 29.3 Å². The number of aliphatic imine (C=N–C) groups is 1. The molecule has 0 unspecified atom stereocenters. The monoisotopic (exact) mass is 473 g/mol. The number of nitrogens with zero attached hydrogens (tertiary/aromatic N) is 2. The highest BCUT2D eigenvalue weighted by molar-refractivity contribution is 14.0. The van der Waals surface area contributed by atoms with Gasteiger partial charge in [-0.1, -0.05) is 31.2 Å². The van der Waals surface area contributed by atoms with Gasteiger partial charge in [-0.05, 0) is 43.7 Å². The van der Waals surface area contributed by atoms with E-state index in [9.17, 15) is 4.79 Å². The van der Waals surface area contributed by atoms with Crippen molar-refractivity contribution < 1.29 is 4.79 Å². The highest BCUT2D eigenvalue weighted by atomic mass is 127. The molecule has 2 amide bonds. The number of carbonyl (C=O) groups is 1. The highest BCUT2D eigenvalue weighted by Gasteiger charge is 2.21. The molecule has 1 heterocycles. The van der Waals surface area contributed by atoms with Gasteiger partial charge in [0.1, 0.15) is 0 Å². The van der Waals surface area contributed by atoms with Gasteiger partial charge in [-0.2, -0.15) is 0 Å². The molecule has 1 aliphatic heterocycles. The first kappa shape index (κ1) is 22.5. The standard InChI is InChI=1S/C19H31N5O.HI/c1-3-15-5-7-16(8-6-15)9-12-22-19(21-4-2)23-17-10-13-24(14-11-17)18(20)25;/h5-8,17H,3-4,9-14H2,1-2H3,(H2,20,25)(H2,21,22,23);1H. The molecule has 1 aromatic carbocycles. The van der Waals surface area contributed by atoms with Crippen LogP contribution in [0.5, 0.6) is 0 Å². The number of nitrogens with one attached hydrogen (secondary N) is 2. The first-order valence-electron chi connectivity index (χ1n) is 9.29. The van der Waals surface area contributed by atoms with Crippen molar-refractivity contribution in [3.05, 3.63) is 35.4 Å². The molecule has 0 aliphatic carbocycles. The molecule has 0 saturated carbocycles. The van der Waals surface area contributed by atoms with Crippen molar-refractivity contribution in [1.82, 2.24) is 15.5 Å². The average Bonchev–Trinajstić information content (AvgIpc) is 2.63. The van der Waals surface area contributed by atoms with Crippen LogP contribution >= 0.6 is 24.0 Å². The van der Waals surface area contributed by atoms with E-state index in [4.69, 9.17) is 5.73 Å². The van der Waals surface area contributed by atoms with Crippen molar-refractivity contribution in [1.29, 1.82) is 0 Å². The van der Waals surface area contributed by atoms with E-state index in [1.54, 1.807) is 4.90 Å². The van der Waals surface area contributed by atoms with E-state index in [1.807, 2.05) is 0 Å². The van der Waals surface area contributed by atoms with Gasteiger partial charge >= 0.3 is 6.03 Å². The van der Waals surface area contributed by atoms with Crippen molar-refractivity contribution in [3.63, 3.8) is 0 Å². The number of benzene rings is 1. The van der Waals surface area contributed by atoms with Gasteiger partial charge in [0.2, 0.25) is 0 Å². The summed E-state index contributed by atoms with van der Waals surface area (Å²) in [7, 11) is 0. The minimum Gasteiger partial charge on any atom is -0.357 e. The Labute approximate surface area is 174 Å². The lowest BCUT2D eigenvalue weighted by atomic mass is 10.1. The van der Waals surface area contributed by atoms with Gasteiger partial charge in [0.15, 0.2) is 5.96 Å². The van der Waals surface area contributed by atoms with E-state index < -0.39 is 0 Å². The van der Waals surface area contributed by atoms with Gasteiger partial charge in [-0.3, -0.25) is 4.99 Å². The van der Waals surface area contributed by atoms with E-state index in [2.05, 4.69) is 53.7 Å². The van der Waals surface area contributed by atoms with Crippen LogP contribution in [0.4, 0.5) is 4.79 Å². The number of primary amides is 1. The Bertz CT molecular complexity index is 568. The molecule has 0 radical (unpaired) electrons. The van der Waals surface area contributed by atoms with Crippen LogP contribution in [-0.4, -0.2) is 49.1 Å². The number of guanidine groups is 1. The lowest BCUT2D eigenvalue weighted by Crippen LogP contribution is -2.50. The lowest BCUT2D eigenvalue weighted by molar-refractivity contribution is 0.188. The fraction of sp³-hybridized carbons (Fsp3) is 0.579. The van der Waals surface area contributed by atoms with E-state index >= 15 is 0 Å². The number of carbonyl (C=O) groups excluding carboxylic acids is 1. The second-order valence-corrected chi connectivity index (χ2v) is 6.42. The number of amides is 2. The lowest BCUT2D eigenvalue weighted by Gasteiger charge is -2.32. The number of piperidine rings is 1. The van der Waals surface area contributed by atoms with Crippen molar-refractivity contribution in [2.45, 2.75) is 45.6 Å². The normalized spacial score (nSPS) is 15.3. The summed E-state index contributed by atoms with van der Waals surface area (Å²) in [5.74, 6) is 0.852. The largest absolute Gasteiger partial charge is 0.357 e. The number of hydrogen-bond donors (Lipinski definition) is 3. The maximum atomic E-state index is 11.2. The third-order valence-electron chi connectivity index (χ3n) is 4.59. The summed E-state index contributed by atoms with van der Waals surface area (Å²) in [4.78, 5) is 17.6. The smallest absolute Gasteiger partial charge is 0.314 e. The molecule has 2 rings (SSSR count). The van der Waals surface area contributed by atoms with Crippen molar-refractivity contribution in [3.8, 4) is 0 Å². The van der Waals surface area contributed by atoms with Crippen LogP contribution in [0.3, 0.4) is 0 Å². The molecule has 1 aromatic rings. The summed E-state index contributed by atoms with van der Waals surface area (Å²) in [6.07, 6.45) is 3.79. The summed E-state index contributed by atoms with van der Waals surface area (Å²) in [5, 5.41) is 6.78. The van der Waals surface area contributed by atoms with Crippen molar-refractivity contribution in [2.24, 2.45) is 10.7 Å². The average molecular weight is 473 g/mol. The number of urea groups is 1. The van der Waals surface area contributed by atoms with E-state index in [0.29, 0.717) is 19.1 Å². The molecule has 0 spiro atoms. The van der Waals surface area contributed by atoms with Gasteiger partial charge in [-0.15, -0.1) is 24.0 Å². The molecule has 0 bridgehead atoms. The molecule has 1 aliphatic rings. The Morgan fingerprint density at radius 1 is 1.19 bits per heavy atom. The Morgan fingerprint density at radius 3 is 2.35 bits per heavy atom. The summed E-state index contributed by atoms with van der Waals surface area (Å²) in [6.45, 7) is 7.22. The Morgan fingerprint density at radius 2 is 1.81 bits per heavy atom. The molecule has 7 heteroatoms. The fourth-order valence-electron chi connectivity index (χ4n) is 3.00. The van der Waals surface area contributed by atoms with Crippen LogP contribution < -0.4 is 16.4 Å².